The van der Waals surface area contributed by atoms with Crippen LogP contribution >= 0.6 is 0 Å². The van der Waals surface area contributed by atoms with E-state index in [1.807, 2.05) is 11.8 Å². The number of fused-ring (bicyclic) bond motifs is 1. The number of nitrogens with zero attached hydrogens (tertiary/aromatic N) is 2. The number of morpholine rings is 1. The summed E-state index contributed by atoms with van der Waals surface area (Å²) in [5.74, 6) is -1.06. The minimum Gasteiger partial charge on any atom is -0.441 e. The molecule has 36 heavy (non-hydrogen) atoms. The summed E-state index contributed by atoms with van der Waals surface area (Å²) in [5, 5.41) is 3.13. The SMILES string of the molecule is CC(Nc1cc(F)cc(F)c1)c1cc(C(=O)N2CCCC2)cc2c1OC(N1CCOCC1)=CC2C=O. The van der Waals surface area contributed by atoms with Crippen molar-refractivity contribution in [3.63, 3.8) is 0 Å². The fourth-order valence-electron chi connectivity index (χ4n) is 5.00. The predicted molar refractivity (Wildman–Crippen MR) is 130 cm³/mol. The number of rotatable bonds is 6. The highest BCUT2D eigenvalue weighted by atomic mass is 19.1. The molecule has 3 aliphatic rings. The van der Waals surface area contributed by atoms with E-state index in [4.69, 9.17) is 9.47 Å². The Kier molecular flexibility index (Phi) is 6.91. The van der Waals surface area contributed by atoms with Crippen LogP contribution in [0.2, 0.25) is 0 Å². The number of amides is 1. The molecular formula is C27H29F2N3O4. The molecule has 1 N–H and O–H groups in total. The van der Waals surface area contributed by atoms with Gasteiger partial charge in [0.1, 0.15) is 23.7 Å². The summed E-state index contributed by atoms with van der Waals surface area (Å²) in [6.45, 7) is 5.58. The Morgan fingerprint density at radius 3 is 2.42 bits per heavy atom. The first-order chi connectivity index (χ1) is 17.4. The standard InChI is InChI=1S/C27H29F2N3O4/c1-17(30-22-14-20(28)13-21(29)15-22)23-10-18(27(34)32-4-2-3-5-32)11-24-19(16-33)12-25(36-26(23)24)31-6-8-35-9-7-31/h10-17,19,30H,2-9H2,1H3. The highest BCUT2D eigenvalue weighted by molar-refractivity contribution is 5.95. The Balaban J connectivity index is 1.55. The van der Waals surface area contributed by atoms with E-state index in [9.17, 15) is 18.4 Å². The number of carbonyl (C=O) groups excluding carboxylic acids is 2. The molecule has 7 nitrogen and oxygen atoms in total. The second-order valence-electron chi connectivity index (χ2n) is 9.38. The lowest BCUT2D eigenvalue weighted by Gasteiger charge is -2.35. The van der Waals surface area contributed by atoms with E-state index >= 15 is 0 Å². The van der Waals surface area contributed by atoms with E-state index in [0.717, 1.165) is 25.2 Å². The number of hydrogen-bond acceptors (Lipinski definition) is 6. The van der Waals surface area contributed by atoms with Gasteiger partial charge < -0.3 is 29.4 Å². The normalized spacial score (nSPS) is 20.3. The largest absolute Gasteiger partial charge is 0.441 e. The third-order valence-electron chi connectivity index (χ3n) is 6.86. The molecule has 9 heteroatoms. The predicted octanol–water partition coefficient (Wildman–Crippen LogP) is 4.22. The van der Waals surface area contributed by atoms with Gasteiger partial charge in [-0.3, -0.25) is 4.79 Å². The van der Waals surface area contributed by atoms with Crippen LogP contribution in [-0.4, -0.2) is 61.4 Å². The molecule has 0 bridgehead atoms. The van der Waals surface area contributed by atoms with Gasteiger partial charge in [-0.25, -0.2) is 8.78 Å². The highest BCUT2D eigenvalue weighted by Gasteiger charge is 2.32. The highest BCUT2D eigenvalue weighted by Crippen LogP contribution is 2.42. The molecule has 3 heterocycles. The maximum Gasteiger partial charge on any atom is 0.253 e. The fourth-order valence-corrected chi connectivity index (χ4v) is 5.00. The zero-order valence-electron chi connectivity index (χ0n) is 20.1. The Morgan fingerprint density at radius 2 is 1.75 bits per heavy atom. The summed E-state index contributed by atoms with van der Waals surface area (Å²) >= 11 is 0. The lowest BCUT2D eigenvalue weighted by atomic mass is 9.90. The quantitative estimate of drug-likeness (QED) is 0.603. The molecule has 2 aromatic rings. The molecule has 0 saturated carbocycles. The zero-order chi connectivity index (χ0) is 25.2. The number of anilines is 1. The summed E-state index contributed by atoms with van der Waals surface area (Å²) in [4.78, 5) is 29.3. The van der Waals surface area contributed by atoms with Crippen molar-refractivity contribution in [1.29, 1.82) is 0 Å². The molecule has 0 spiro atoms. The molecule has 3 aliphatic heterocycles. The number of allylic oxidation sites excluding steroid dienone is 1. The Labute approximate surface area is 208 Å². The Bertz CT molecular complexity index is 1170. The molecule has 190 valence electrons. The third kappa shape index (κ3) is 4.93. The van der Waals surface area contributed by atoms with Gasteiger partial charge in [-0.2, -0.15) is 0 Å². The van der Waals surface area contributed by atoms with Crippen LogP contribution in [0.25, 0.3) is 0 Å². The summed E-state index contributed by atoms with van der Waals surface area (Å²) in [5.41, 5.74) is 1.95. The van der Waals surface area contributed by atoms with Crippen molar-refractivity contribution in [1.82, 2.24) is 9.80 Å². The Morgan fingerprint density at radius 1 is 1.06 bits per heavy atom. The second-order valence-corrected chi connectivity index (χ2v) is 9.38. The van der Waals surface area contributed by atoms with Crippen molar-refractivity contribution in [2.24, 2.45) is 0 Å². The van der Waals surface area contributed by atoms with Crippen molar-refractivity contribution in [3.05, 3.63) is 70.6 Å². The molecule has 2 saturated heterocycles. The van der Waals surface area contributed by atoms with Crippen molar-refractivity contribution in [3.8, 4) is 5.75 Å². The minimum atomic E-state index is -0.695. The van der Waals surface area contributed by atoms with Gasteiger partial charge in [0.15, 0.2) is 5.88 Å². The van der Waals surface area contributed by atoms with E-state index in [1.165, 1.54) is 12.1 Å². The van der Waals surface area contributed by atoms with Crippen molar-refractivity contribution in [2.75, 3.05) is 44.7 Å². The average molecular weight is 498 g/mol. The Hall–Kier alpha value is -3.46. The van der Waals surface area contributed by atoms with Gasteiger partial charge in [0.2, 0.25) is 0 Å². The van der Waals surface area contributed by atoms with Gasteiger partial charge >= 0.3 is 0 Å². The molecule has 0 aromatic heterocycles. The van der Waals surface area contributed by atoms with Crippen LogP contribution in [0, 0.1) is 11.6 Å². The minimum absolute atomic E-state index is 0.104. The average Bonchev–Trinajstić information content (AvgIpc) is 3.42. The van der Waals surface area contributed by atoms with Crippen LogP contribution in [0.3, 0.4) is 0 Å². The molecule has 2 fully saturated rings. The van der Waals surface area contributed by atoms with Crippen LogP contribution in [-0.2, 0) is 9.53 Å². The maximum absolute atomic E-state index is 13.8. The van der Waals surface area contributed by atoms with E-state index in [1.54, 1.807) is 23.1 Å². The number of benzene rings is 2. The van der Waals surface area contributed by atoms with E-state index in [0.29, 0.717) is 67.7 Å². The van der Waals surface area contributed by atoms with Gasteiger partial charge in [-0.15, -0.1) is 0 Å². The van der Waals surface area contributed by atoms with Crippen molar-refractivity contribution >= 4 is 17.9 Å². The number of ether oxygens (including phenoxy) is 2. The second kappa shape index (κ2) is 10.3. The van der Waals surface area contributed by atoms with Crippen molar-refractivity contribution < 1.29 is 27.8 Å². The van der Waals surface area contributed by atoms with Gasteiger partial charge in [0.25, 0.3) is 5.91 Å². The van der Waals surface area contributed by atoms with Gasteiger partial charge in [-0.1, -0.05) is 0 Å². The first kappa shape index (κ1) is 24.2. The number of halogens is 2. The monoisotopic (exact) mass is 497 g/mol. The number of likely N-dealkylation sites (tertiary alicyclic amines) is 1. The van der Waals surface area contributed by atoms with Gasteiger partial charge in [0.05, 0.1) is 25.2 Å². The van der Waals surface area contributed by atoms with Crippen molar-refractivity contribution in [2.45, 2.75) is 31.7 Å². The molecule has 2 aromatic carbocycles. The molecule has 2 atom stereocenters. The summed E-state index contributed by atoms with van der Waals surface area (Å²) in [6, 6.07) is 6.24. The summed E-state index contributed by atoms with van der Waals surface area (Å²) < 4.78 is 39.5. The lowest BCUT2D eigenvalue weighted by molar-refractivity contribution is -0.108. The first-order valence-electron chi connectivity index (χ1n) is 12.3. The van der Waals surface area contributed by atoms with Crippen LogP contribution in [0.15, 0.2) is 42.3 Å². The lowest BCUT2D eigenvalue weighted by Crippen LogP contribution is -2.38. The van der Waals surface area contributed by atoms with E-state index < -0.39 is 23.6 Å². The fraction of sp³-hybridized carbons (Fsp3) is 0.407. The number of nitrogens with one attached hydrogen (secondary N) is 1. The van der Waals surface area contributed by atoms with E-state index in [-0.39, 0.29) is 11.6 Å². The van der Waals surface area contributed by atoms with E-state index in [2.05, 4.69) is 5.32 Å². The smallest absolute Gasteiger partial charge is 0.253 e. The molecule has 2 unspecified atom stereocenters. The molecule has 5 rings (SSSR count). The number of carbonyl (C=O) groups is 2. The van der Waals surface area contributed by atoms with Crippen LogP contribution in [0.5, 0.6) is 5.75 Å². The first-order valence-corrected chi connectivity index (χ1v) is 12.3. The topological polar surface area (TPSA) is 71.1 Å². The van der Waals surface area contributed by atoms with Crippen LogP contribution in [0.1, 0.15) is 53.2 Å². The number of hydrogen-bond donors (Lipinski definition) is 1. The van der Waals surface area contributed by atoms with Gasteiger partial charge in [0, 0.05) is 54.6 Å². The molecule has 0 radical (unpaired) electrons. The summed E-state index contributed by atoms with van der Waals surface area (Å²) in [7, 11) is 0. The van der Waals surface area contributed by atoms with Crippen LogP contribution in [0.4, 0.5) is 14.5 Å². The third-order valence-corrected chi connectivity index (χ3v) is 6.86. The van der Waals surface area contributed by atoms with Crippen LogP contribution < -0.4 is 10.1 Å². The maximum atomic E-state index is 13.8. The van der Waals surface area contributed by atoms with Gasteiger partial charge in [-0.05, 0) is 50.1 Å². The summed E-state index contributed by atoms with van der Waals surface area (Å²) in [6.07, 6.45) is 4.53. The molecular weight excluding hydrogens is 468 g/mol. The molecule has 0 aliphatic carbocycles. The number of aldehydes is 1. The zero-order valence-corrected chi connectivity index (χ0v) is 20.1. The molecule has 1 amide bonds.